The summed E-state index contributed by atoms with van der Waals surface area (Å²) in [5.74, 6) is -2.05. The highest BCUT2D eigenvalue weighted by molar-refractivity contribution is 6.20. The average molecular weight is 379 g/mol. The summed E-state index contributed by atoms with van der Waals surface area (Å²) in [7, 11) is 0. The topological polar surface area (TPSA) is 88.6 Å². The van der Waals surface area contributed by atoms with E-state index >= 15 is 0 Å². The summed E-state index contributed by atoms with van der Waals surface area (Å²) in [6.07, 6.45) is -3.41. The first-order chi connectivity index (χ1) is 12.8. The normalized spacial score (nSPS) is 13.5. The van der Waals surface area contributed by atoms with E-state index in [-0.39, 0.29) is 29.9 Å². The summed E-state index contributed by atoms with van der Waals surface area (Å²) in [5.41, 5.74) is 0.372. The Morgan fingerprint density at radius 2 is 1.81 bits per heavy atom. The van der Waals surface area contributed by atoms with Crippen LogP contribution in [0.1, 0.15) is 31.2 Å². The number of halogens is 3. The minimum Gasteiger partial charge on any atom is -0.406 e. The summed E-state index contributed by atoms with van der Waals surface area (Å²) in [4.78, 5) is 41.1. The number of aromatic nitrogens is 1. The number of nitrogens with one attached hydrogen (secondary N) is 1. The van der Waals surface area contributed by atoms with Crippen molar-refractivity contribution in [2.75, 3.05) is 13.1 Å². The van der Waals surface area contributed by atoms with Gasteiger partial charge in [0.05, 0.1) is 5.56 Å². The molecule has 0 spiro atoms. The van der Waals surface area contributed by atoms with Gasteiger partial charge in [-0.05, 0) is 36.4 Å². The van der Waals surface area contributed by atoms with Gasteiger partial charge in [0.15, 0.2) is 0 Å². The lowest BCUT2D eigenvalue weighted by atomic mass is 10.2. The molecule has 0 saturated carbocycles. The molecule has 0 unspecified atom stereocenters. The van der Waals surface area contributed by atoms with Crippen molar-refractivity contribution in [3.8, 4) is 5.75 Å². The third-order valence-corrected chi connectivity index (χ3v) is 3.70. The zero-order valence-electron chi connectivity index (χ0n) is 13.6. The van der Waals surface area contributed by atoms with Gasteiger partial charge in [-0.25, -0.2) is 0 Å². The maximum atomic E-state index is 12.2. The highest BCUT2D eigenvalue weighted by atomic mass is 19.4. The van der Waals surface area contributed by atoms with Gasteiger partial charge in [0, 0.05) is 24.8 Å². The quantitative estimate of drug-likeness (QED) is 0.803. The van der Waals surface area contributed by atoms with Gasteiger partial charge in [0.2, 0.25) is 0 Å². The third kappa shape index (κ3) is 4.05. The van der Waals surface area contributed by atoms with Gasteiger partial charge in [0.25, 0.3) is 17.7 Å². The molecule has 0 radical (unpaired) electrons. The Morgan fingerprint density at radius 3 is 2.44 bits per heavy atom. The van der Waals surface area contributed by atoms with Gasteiger partial charge in [-0.15, -0.1) is 13.2 Å². The van der Waals surface area contributed by atoms with Crippen molar-refractivity contribution in [1.82, 2.24) is 15.2 Å². The summed E-state index contributed by atoms with van der Waals surface area (Å²) in [6, 6.07) is 7.40. The second-order valence-corrected chi connectivity index (χ2v) is 5.49. The molecule has 1 aromatic heterocycles. The van der Waals surface area contributed by atoms with Crippen molar-refractivity contribution in [2.45, 2.75) is 6.36 Å². The van der Waals surface area contributed by atoms with E-state index in [0.717, 1.165) is 17.0 Å². The molecule has 1 aliphatic rings. The first-order valence-corrected chi connectivity index (χ1v) is 7.71. The Morgan fingerprint density at radius 1 is 1.11 bits per heavy atom. The molecule has 0 aliphatic carbocycles. The first kappa shape index (κ1) is 18.4. The van der Waals surface area contributed by atoms with Gasteiger partial charge in [-0.1, -0.05) is 0 Å². The highest BCUT2D eigenvalue weighted by Gasteiger charge is 2.36. The van der Waals surface area contributed by atoms with Crippen LogP contribution in [0.25, 0.3) is 0 Å². The number of ether oxygens (including phenoxy) is 1. The number of alkyl halides is 3. The number of hydrogen-bond acceptors (Lipinski definition) is 5. The van der Waals surface area contributed by atoms with Crippen LogP contribution in [0.4, 0.5) is 13.2 Å². The van der Waals surface area contributed by atoms with E-state index < -0.39 is 29.8 Å². The molecule has 1 aromatic carbocycles. The Kier molecular flexibility index (Phi) is 4.80. The van der Waals surface area contributed by atoms with E-state index in [1.807, 2.05) is 0 Å². The fraction of sp³-hybridized carbons (Fsp3) is 0.176. The molecule has 140 valence electrons. The maximum Gasteiger partial charge on any atom is 0.573 e. The van der Waals surface area contributed by atoms with Crippen LogP contribution in [0.15, 0.2) is 42.6 Å². The minimum atomic E-state index is -4.81. The number of nitrogens with zero attached hydrogens (tertiary/aromatic N) is 2. The Balaban J connectivity index is 1.55. The predicted molar refractivity (Wildman–Crippen MR) is 85.1 cm³/mol. The van der Waals surface area contributed by atoms with Gasteiger partial charge < -0.3 is 10.1 Å². The van der Waals surface area contributed by atoms with Crippen molar-refractivity contribution < 1.29 is 32.3 Å². The summed E-state index contributed by atoms with van der Waals surface area (Å²) >= 11 is 0. The zero-order chi connectivity index (χ0) is 19.6. The van der Waals surface area contributed by atoms with Crippen LogP contribution in [0.3, 0.4) is 0 Å². The molecule has 3 amide bonds. The second-order valence-electron chi connectivity index (χ2n) is 5.49. The molecule has 0 saturated heterocycles. The van der Waals surface area contributed by atoms with Gasteiger partial charge in [-0.2, -0.15) is 0 Å². The van der Waals surface area contributed by atoms with E-state index in [1.54, 1.807) is 6.07 Å². The number of rotatable bonds is 5. The number of imide groups is 1. The Labute approximate surface area is 150 Å². The summed E-state index contributed by atoms with van der Waals surface area (Å²) in [5, 5.41) is 2.49. The van der Waals surface area contributed by atoms with Gasteiger partial charge in [0.1, 0.15) is 11.4 Å². The van der Waals surface area contributed by atoms with Crippen LogP contribution in [0, 0.1) is 0 Å². The monoisotopic (exact) mass is 379 g/mol. The molecule has 2 aromatic rings. The molecule has 0 fully saturated rings. The summed E-state index contributed by atoms with van der Waals surface area (Å²) in [6.45, 7) is -0.0832. The molecule has 2 heterocycles. The van der Waals surface area contributed by atoms with Crippen molar-refractivity contribution in [1.29, 1.82) is 0 Å². The first-order valence-electron chi connectivity index (χ1n) is 7.71. The second kappa shape index (κ2) is 7.06. The third-order valence-electron chi connectivity index (χ3n) is 3.70. The van der Waals surface area contributed by atoms with Crippen molar-refractivity contribution in [3.05, 3.63) is 59.4 Å². The van der Waals surface area contributed by atoms with Crippen molar-refractivity contribution in [2.24, 2.45) is 0 Å². The lowest BCUT2D eigenvalue weighted by molar-refractivity contribution is -0.274. The number of amides is 3. The molecule has 27 heavy (non-hydrogen) atoms. The van der Waals surface area contributed by atoms with Crippen molar-refractivity contribution >= 4 is 17.7 Å². The van der Waals surface area contributed by atoms with E-state index in [4.69, 9.17) is 0 Å². The van der Waals surface area contributed by atoms with E-state index in [2.05, 4.69) is 15.0 Å². The fourth-order valence-corrected chi connectivity index (χ4v) is 2.51. The lowest BCUT2D eigenvalue weighted by Gasteiger charge is -2.14. The standard InChI is InChI=1S/C17H12F3N3O4/c18-17(19,20)27-11-5-3-10(4-6-11)14(24)22-8-9-23-15(25)12-2-1-7-21-13(12)16(23)26/h1-7H,8-9H2,(H,22,24). The zero-order valence-corrected chi connectivity index (χ0v) is 13.6. The van der Waals surface area contributed by atoms with Crippen LogP contribution in [0.5, 0.6) is 5.75 Å². The molecular formula is C17H12F3N3O4. The van der Waals surface area contributed by atoms with Crippen molar-refractivity contribution in [3.63, 3.8) is 0 Å². The fourth-order valence-electron chi connectivity index (χ4n) is 2.51. The molecule has 10 heteroatoms. The number of benzene rings is 1. The number of carbonyl (C=O) groups is 3. The number of pyridine rings is 1. The molecule has 1 aliphatic heterocycles. The molecule has 7 nitrogen and oxygen atoms in total. The molecule has 1 N–H and O–H groups in total. The number of carbonyl (C=O) groups excluding carboxylic acids is 3. The van der Waals surface area contributed by atoms with E-state index in [9.17, 15) is 27.6 Å². The summed E-state index contributed by atoms with van der Waals surface area (Å²) < 4.78 is 40.1. The number of fused-ring (bicyclic) bond motifs is 1. The smallest absolute Gasteiger partial charge is 0.406 e. The molecule has 3 rings (SSSR count). The Bertz CT molecular complexity index is 862. The predicted octanol–water partition coefficient (Wildman–Crippen LogP) is 2.01. The Hall–Kier alpha value is -3.43. The van der Waals surface area contributed by atoms with Gasteiger partial charge >= 0.3 is 6.36 Å². The highest BCUT2D eigenvalue weighted by Crippen LogP contribution is 2.23. The molecule has 0 atom stereocenters. The molecule has 0 bridgehead atoms. The SMILES string of the molecule is O=C(NCCN1C(=O)c2cccnc2C1=O)c1ccc(OC(F)(F)F)cc1. The maximum absolute atomic E-state index is 12.2. The van der Waals surface area contributed by atoms with Crippen LogP contribution in [-0.4, -0.2) is 47.1 Å². The van der Waals surface area contributed by atoms with Crippen LogP contribution in [0.2, 0.25) is 0 Å². The lowest BCUT2D eigenvalue weighted by Crippen LogP contribution is -2.38. The largest absolute Gasteiger partial charge is 0.573 e. The van der Waals surface area contributed by atoms with E-state index in [0.29, 0.717) is 0 Å². The number of hydrogen-bond donors (Lipinski definition) is 1. The minimum absolute atomic E-state index is 0.0227. The van der Waals surface area contributed by atoms with Crippen LogP contribution >= 0.6 is 0 Å². The molecular weight excluding hydrogens is 367 g/mol. The van der Waals surface area contributed by atoms with Gasteiger partial charge in [-0.3, -0.25) is 24.3 Å². The average Bonchev–Trinajstić information content (AvgIpc) is 2.86. The van der Waals surface area contributed by atoms with Crippen LogP contribution in [-0.2, 0) is 0 Å². The van der Waals surface area contributed by atoms with Crippen LogP contribution < -0.4 is 10.1 Å². The van der Waals surface area contributed by atoms with E-state index in [1.165, 1.54) is 24.4 Å².